The molecule has 0 aliphatic rings. The van der Waals surface area contributed by atoms with Gasteiger partial charge in [0.2, 0.25) is 0 Å². The molecular formula is C15H18N4. The molecule has 0 unspecified atom stereocenters. The molecule has 3 aromatic rings. The van der Waals surface area contributed by atoms with Crippen molar-refractivity contribution in [3.05, 3.63) is 54.0 Å². The van der Waals surface area contributed by atoms with Crippen LogP contribution in [0.2, 0.25) is 0 Å². The lowest BCUT2D eigenvalue weighted by molar-refractivity contribution is 0.666. The fourth-order valence-corrected chi connectivity index (χ4v) is 2.26. The molecule has 2 aromatic heterocycles. The Morgan fingerprint density at radius 3 is 3.05 bits per heavy atom. The second-order valence-corrected chi connectivity index (χ2v) is 4.81. The van der Waals surface area contributed by atoms with Gasteiger partial charge in [0.15, 0.2) is 0 Å². The van der Waals surface area contributed by atoms with E-state index in [0.717, 1.165) is 25.2 Å². The van der Waals surface area contributed by atoms with Crippen molar-refractivity contribution in [2.75, 3.05) is 6.54 Å². The van der Waals surface area contributed by atoms with Gasteiger partial charge in [-0.25, -0.2) is 0 Å². The summed E-state index contributed by atoms with van der Waals surface area (Å²) in [6.07, 6.45) is 4.92. The molecule has 0 bridgehead atoms. The maximum Gasteiger partial charge on any atom is 0.0637 e. The minimum Gasteiger partial charge on any atom is -0.361 e. The van der Waals surface area contributed by atoms with Crippen LogP contribution in [0.5, 0.6) is 0 Å². The Labute approximate surface area is 112 Å². The monoisotopic (exact) mass is 254 g/mol. The third-order valence-corrected chi connectivity index (χ3v) is 3.27. The summed E-state index contributed by atoms with van der Waals surface area (Å²) in [5.74, 6) is 0. The normalized spacial score (nSPS) is 11.2. The number of nitrogens with one attached hydrogen (secondary N) is 2. The summed E-state index contributed by atoms with van der Waals surface area (Å²) >= 11 is 0. The van der Waals surface area contributed by atoms with Gasteiger partial charge in [0.25, 0.3) is 0 Å². The highest BCUT2D eigenvalue weighted by Crippen LogP contribution is 2.13. The molecule has 4 nitrogen and oxygen atoms in total. The predicted octanol–water partition coefficient (Wildman–Crippen LogP) is 2.23. The van der Waals surface area contributed by atoms with E-state index in [1.54, 1.807) is 0 Å². The van der Waals surface area contributed by atoms with Crippen LogP contribution in [0.1, 0.15) is 11.3 Å². The molecule has 0 saturated heterocycles. The van der Waals surface area contributed by atoms with Crippen LogP contribution >= 0.6 is 0 Å². The Morgan fingerprint density at radius 2 is 2.21 bits per heavy atom. The lowest BCUT2D eigenvalue weighted by Gasteiger charge is -2.04. The molecule has 0 radical (unpaired) electrons. The first kappa shape index (κ1) is 12.0. The summed E-state index contributed by atoms with van der Waals surface area (Å²) in [6, 6.07) is 10.7. The van der Waals surface area contributed by atoms with E-state index in [2.05, 4.69) is 45.7 Å². The minimum atomic E-state index is 0.897. The number of fused-ring (bicyclic) bond motifs is 1. The largest absolute Gasteiger partial charge is 0.361 e. The summed E-state index contributed by atoms with van der Waals surface area (Å²) in [4.78, 5) is 3.21. The van der Waals surface area contributed by atoms with E-state index in [9.17, 15) is 0 Å². The van der Waals surface area contributed by atoms with E-state index in [0.29, 0.717) is 0 Å². The Bertz CT molecular complexity index is 665. The van der Waals surface area contributed by atoms with E-state index >= 15 is 0 Å². The molecule has 0 amide bonds. The second-order valence-electron chi connectivity index (χ2n) is 4.81. The lowest BCUT2D eigenvalue weighted by atomic mass is 10.1. The molecule has 19 heavy (non-hydrogen) atoms. The van der Waals surface area contributed by atoms with Crippen LogP contribution in [0.25, 0.3) is 10.9 Å². The summed E-state index contributed by atoms with van der Waals surface area (Å²) in [6.45, 7) is 1.84. The number of hydrogen-bond donors (Lipinski definition) is 2. The Morgan fingerprint density at radius 1 is 1.26 bits per heavy atom. The lowest BCUT2D eigenvalue weighted by Crippen LogP contribution is -2.16. The first-order valence-corrected chi connectivity index (χ1v) is 6.56. The zero-order chi connectivity index (χ0) is 13.1. The first-order chi connectivity index (χ1) is 9.31. The van der Waals surface area contributed by atoms with Crippen molar-refractivity contribution in [2.45, 2.75) is 13.0 Å². The Hall–Kier alpha value is -2.07. The van der Waals surface area contributed by atoms with E-state index in [4.69, 9.17) is 0 Å². The SMILES string of the molecule is Cn1ccc(CCNCc2ccc3[nH]ccc3c2)n1. The van der Waals surface area contributed by atoms with Gasteiger partial charge in [-0.15, -0.1) is 0 Å². The summed E-state index contributed by atoms with van der Waals surface area (Å²) in [5.41, 5.74) is 3.64. The molecule has 0 aliphatic heterocycles. The van der Waals surface area contributed by atoms with Gasteiger partial charge in [0, 0.05) is 44.5 Å². The highest BCUT2D eigenvalue weighted by Gasteiger charge is 1.99. The van der Waals surface area contributed by atoms with Crippen molar-refractivity contribution >= 4 is 10.9 Å². The number of benzene rings is 1. The van der Waals surface area contributed by atoms with Gasteiger partial charge in [-0.3, -0.25) is 4.68 Å². The summed E-state index contributed by atoms with van der Waals surface area (Å²) in [5, 5.41) is 9.09. The summed E-state index contributed by atoms with van der Waals surface area (Å²) < 4.78 is 1.84. The van der Waals surface area contributed by atoms with Crippen molar-refractivity contribution in [1.29, 1.82) is 0 Å². The minimum absolute atomic E-state index is 0.897. The number of rotatable bonds is 5. The maximum atomic E-state index is 4.36. The predicted molar refractivity (Wildman–Crippen MR) is 76.9 cm³/mol. The van der Waals surface area contributed by atoms with E-state index in [1.807, 2.05) is 24.1 Å². The molecule has 0 aliphatic carbocycles. The highest BCUT2D eigenvalue weighted by molar-refractivity contribution is 5.79. The zero-order valence-corrected chi connectivity index (χ0v) is 11.1. The van der Waals surface area contributed by atoms with Gasteiger partial charge in [-0.1, -0.05) is 6.07 Å². The molecule has 0 atom stereocenters. The molecule has 0 saturated carbocycles. The van der Waals surface area contributed by atoms with Crippen LogP contribution in [0.3, 0.4) is 0 Å². The van der Waals surface area contributed by atoms with Crippen LogP contribution in [0.4, 0.5) is 0 Å². The van der Waals surface area contributed by atoms with Gasteiger partial charge >= 0.3 is 0 Å². The number of H-pyrrole nitrogens is 1. The smallest absolute Gasteiger partial charge is 0.0637 e. The standard InChI is InChI=1S/C15H18N4/c1-19-9-6-14(18-19)5-7-16-11-12-2-3-15-13(10-12)4-8-17-15/h2-4,6,8-10,16-17H,5,7,11H2,1H3. The van der Waals surface area contributed by atoms with Gasteiger partial charge in [-0.2, -0.15) is 5.10 Å². The quantitative estimate of drug-likeness (QED) is 0.686. The third kappa shape index (κ3) is 2.85. The average molecular weight is 254 g/mol. The molecule has 0 fully saturated rings. The molecule has 98 valence electrons. The van der Waals surface area contributed by atoms with Crippen molar-refractivity contribution in [1.82, 2.24) is 20.1 Å². The van der Waals surface area contributed by atoms with Crippen LogP contribution in [0, 0.1) is 0 Å². The van der Waals surface area contributed by atoms with Crippen LogP contribution < -0.4 is 5.32 Å². The molecule has 1 aromatic carbocycles. The topological polar surface area (TPSA) is 45.6 Å². The number of aromatic amines is 1. The molecular weight excluding hydrogens is 236 g/mol. The molecule has 3 rings (SSSR count). The van der Waals surface area contributed by atoms with Crippen LogP contribution in [0.15, 0.2) is 42.7 Å². The van der Waals surface area contributed by atoms with Crippen molar-refractivity contribution in [3.8, 4) is 0 Å². The maximum absolute atomic E-state index is 4.36. The average Bonchev–Trinajstić information content (AvgIpc) is 3.03. The molecule has 0 spiro atoms. The van der Waals surface area contributed by atoms with E-state index in [1.165, 1.54) is 16.5 Å². The highest BCUT2D eigenvalue weighted by atomic mass is 15.2. The third-order valence-electron chi connectivity index (χ3n) is 3.27. The van der Waals surface area contributed by atoms with E-state index in [-0.39, 0.29) is 0 Å². The fraction of sp³-hybridized carbons (Fsp3) is 0.267. The Balaban J connectivity index is 1.51. The van der Waals surface area contributed by atoms with Gasteiger partial charge in [-0.05, 0) is 35.2 Å². The fourth-order valence-electron chi connectivity index (χ4n) is 2.26. The van der Waals surface area contributed by atoms with Gasteiger partial charge < -0.3 is 10.3 Å². The second kappa shape index (κ2) is 5.28. The summed E-state index contributed by atoms with van der Waals surface area (Å²) in [7, 11) is 1.95. The van der Waals surface area contributed by atoms with Crippen molar-refractivity contribution < 1.29 is 0 Å². The van der Waals surface area contributed by atoms with Gasteiger partial charge in [0.1, 0.15) is 0 Å². The molecule has 4 heteroatoms. The number of aryl methyl sites for hydroxylation is 1. The van der Waals surface area contributed by atoms with E-state index < -0.39 is 0 Å². The number of aromatic nitrogens is 3. The molecule has 2 heterocycles. The van der Waals surface area contributed by atoms with Crippen LogP contribution in [-0.4, -0.2) is 21.3 Å². The number of hydrogen-bond acceptors (Lipinski definition) is 2. The van der Waals surface area contributed by atoms with Gasteiger partial charge in [0.05, 0.1) is 5.69 Å². The van der Waals surface area contributed by atoms with Crippen molar-refractivity contribution in [2.24, 2.45) is 7.05 Å². The molecule has 2 N–H and O–H groups in total. The van der Waals surface area contributed by atoms with Crippen LogP contribution in [-0.2, 0) is 20.0 Å². The van der Waals surface area contributed by atoms with Crippen molar-refractivity contribution in [3.63, 3.8) is 0 Å². The first-order valence-electron chi connectivity index (χ1n) is 6.56. The Kier molecular flexibility index (Phi) is 3.33. The number of nitrogens with zero attached hydrogens (tertiary/aromatic N) is 2. The zero-order valence-electron chi connectivity index (χ0n) is 11.1.